The molecule has 0 radical (unpaired) electrons. The number of hydrogen-bond donors (Lipinski definition) is 0. The van der Waals surface area contributed by atoms with Gasteiger partial charge in [-0.05, 0) is 63.7 Å². The second-order valence-corrected chi connectivity index (χ2v) is 14.3. The van der Waals surface area contributed by atoms with Crippen molar-refractivity contribution in [3.63, 3.8) is 0 Å². The molecule has 0 amide bonds. The van der Waals surface area contributed by atoms with E-state index in [1.807, 2.05) is 146 Å². The first-order valence-corrected chi connectivity index (χ1v) is 19.7. The molecule has 10 aromatic rings. The van der Waals surface area contributed by atoms with Gasteiger partial charge in [0.15, 0.2) is 34.9 Å². The maximum Gasteiger partial charge on any atom is 0.164 e. The Balaban J connectivity index is 1.01. The van der Waals surface area contributed by atoms with Crippen molar-refractivity contribution < 1.29 is 0 Å². The van der Waals surface area contributed by atoms with Crippen LogP contribution >= 0.6 is 0 Å². The molecule has 0 fully saturated rings. The van der Waals surface area contributed by atoms with Crippen molar-refractivity contribution in [2.45, 2.75) is 0 Å². The summed E-state index contributed by atoms with van der Waals surface area (Å²) in [5.41, 5.74) is 12.0. The highest BCUT2D eigenvalue weighted by molar-refractivity contribution is 5.82. The number of pyridine rings is 1. The number of rotatable bonds is 9. The van der Waals surface area contributed by atoms with Crippen molar-refractivity contribution in [2.75, 3.05) is 0 Å². The number of aromatic nitrogens is 7. The lowest BCUT2D eigenvalue weighted by Crippen LogP contribution is -2.00. The molecule has 0 aliphatic heterocycles. The van der Waals surface area contributed by atoms with E-state index in [9.17, 15) is 0 Å². The number of nitrogens with zero attached hydrogens (tertiary/aromatic N) is 7. The maximum absolute atomic E-state index is 4.94. The predicted octanol–water partition coefficient (Wildman–Crippen LogP) is 12.5. The Hall–Kier alpha value is -8.29. The summed E-state index contributed by atoms with van der Waals surface area (Å²) in [7, 11) is 0. The molecule has 0 bridgehead atoms. The maximum atomic E-state index is 4.94. The van der Waals surface area contributed by atoms with E-state index in [0.717, 1.165) is 66.8 Å². The highest BCUT2D eigenvalue weighted by Gasteiger charge is 2.15. The highest BCUT2D eigenvalue weighted by Crippen LogP contribution is 2.35. The van der Waals surface area contributed by atoms with Crippen molar-refractivity contribution in [3.05, 3.63) is 213 Å². The first kappa shape index (κ1) is 36.1. The summed E-state index contributed by atoms with van der Waals surface area (Å²) >= 11 is 0. The van der Waals surface area contributed by atoms with Crippen LogP contribution in [-0.4, -0.2) is 34.9 Å². The lowest BCUT2D eigenvalue weighted by molar-refractivity contribution is 1.07. The molecule has 0 aliphatic rings. The van der Waals surface area contributed by atoms with Gasteiger partial charge in [0.1, 0.15) is 0 Å². The number of benzene rings is 7. The van der Waals surface area contributed by atoms with E-state index in [1.54, 1.807) is 0 Å². The van der Waals surface area contributed by atoms with Gasteiger partial charge in [-0.15, -0.1) is 0 Å². The topological polar surface area (TPSA) is 90.2 Å². The van der Waals surface area contributed by atoms with Gasteiger partial charge in [0.25, 0.3) is 0 Å². The number of hydrogen-bond acceptors (Lipinski definition) is 7. The third-order valence-electron chi connectivity index (χ3n) is 10.3. The average molecular weight is 770 g/mol. The second kappa shape index (κ2) is 16.3. The minimum absolute atomic E-state index is 0.616. The Bertz CT molecular complexity index is 2730. The summed E-state index contributed by atoms with van der Waals surface area (Å²) in [5.74, 6) is 3.76. The molecule has 282 valence electrons. The average Bonchev–Trinajstić information content (AvgIpc) is 3.35. The third kappa shape index (κ3) is 7.71. The molecule has 0 spiro atoms. The molecule has 0 atom stereocenters. The predicted molar refractivity (Wildman–Crippen MR) is 240 cm³/mol. The summed E-state index contributed by atoms with van der Waals surface area (Å²) in [6, 6.07) is 67.8. The summed E-state index contributed by atoms with van der Waals surface area (Å²) in [4.78, 5) is 33.8. The Morgan fingerprint density at radius 1 is 0.183 bits per heavy atom. The van der Waals surface area contributed by atoms with E-state index in [4.69, 9.17) is 29.9 Å². The lowest BCUT2D eigenvalue weighted by Gasteiger charge is -2.13. The van der Waals surface area contributed by atoms with Crippen LogP contribution in [0.1, 0.15) is 0 Å². The first-order chi connectivity index (χ1) is 29.7. The molecule has 7 aromatic carbocycles. The zero-order valence-electron chi connectivity index (χ0n) is 32.3. The summed E-state index contributed by atoms with van der Waals surface area (Å²) < 4.78 is 0. The van der Waals surface area contributed by atoms with Crippen LogP contribution in [0.4, 0.5) is 0 Å². The Kier molecular flexibility index (Phi) is 9.79. The van der Waals surface area contributed by atoms with Crippen molar-refractivity contribution >= 4 is 0 Å². The molecular formula is C53H35N7. The smallest absolute Gasteiger partial charge is 0.164 e. The van der Waals surface area contributed by atoms with Gasteiger partial charge in [-0.3, -0.25) is 4.98 Å². The largest absolute Gasteiger partial charge is 0.265 e. The molecule has 0 saturated carbocycles. The van der Waals surface area contributed by atoms with Crippen molar-refractivity contribution in [1.82, 2.24) is 34.9 Å². The molecule has 7 nitrogen and oxygen atoms in total. The van der Waals surface area contributed by atoms with E-state index in [2.05, 4.69) is 71.7 Å². The molecule has 10 rings (SSSR count). The van der Waals surface area contributed by atoms with Gasteiger partial charge in [-0.25, -0.2) is 29.9 Å². The van der Waals surface area contributed by atoms with E-state index in [-0.39, 0.29) is 0 Å². The van der Waals surface area contributed by atoms with E-state index in [1.165, 1.54) is 0 Å². The normalized spacial score (nSPS) is 11.0. The van der Waals surface area contributed by atoms with Gasteiger partial charge >= 0.3 is 0 Å². The molecule has 0 unspecified atom stereocenters. The van der Waals surface area contributed by atoms with Crippen LogP contribution < -0.4 is 0 Å². The molecule has 0 saturated heterocycles. The van der Waals surface area contributed by atoms with Crippen LogP contribution in [0, 0.1) is 0 Å². The zero-order chi connectivity index (χ0) is 40.1. The summed E-state index contributed by atoms with van der Waals surface area (Å²) in [6.45, 7) is 0. The Morgan fingerprint density at radius 2 is 0.400 bits per heavy atom. The minimum atomic E-state index is 0.616. The van der Waals surface area contributed by atoms with Crippen LogP contribution in [0.25, 0.3) is 102 Å². The molecule has 0 N–H and O–H groups in total. The quantitative estimate of drug-likeness (QED) is 0.144. The van der Waals surface area contributed by atoms with E-state index in [0.29, 0.717) is 34.9 Å². The third-order valence-corrected chi connectivity index (χ3v) is 10.3. The van der Waals surface area contributed by atoms with E-state index >= 15 is 0 Å². The zero-order valence-corrected chi connectivity index (χ0v) is 32.3. The fourth-order valence-electron chi connectivity index (χ4n) is 7.17. The molecule has 3 aromatic heterocycles. The summed E-state index contributed by atoms with van der Waals surface area (Å²) in [5, 5.41) is 0. The molecule has 60 heavy (non-hydrogen) atoms. The van der Waals surface area contributed by atoms with Gasteiger partial charge in [0.2, 0.25) is 0 Å². The molecular weight excluding hydrogens is 735 g/mol. The van der Waals surface area contributed by atoms with Gasteiger partial charge < -0.3 is 0 Å². The van der Waals surface area contributed by atoms with Crippen LogP contribution in [0.15, 0.2) is 213 Å². The minimum Gasteiger partial charge on any atom is -0.265 e. The monoisotopic (exact) mass is 769 g/mol. The van der Waals surface area contributed by atoms with E-state index < -0.39 is 0 Å². The fraction of sp³-hybridized carbons (Fsp3) is 0. The van der Waals surface area contributed by atoms with Crippen LogP contribution in [0.2, 0.25) is 0 Å². The Morgan fingerprint density at radius 3 is 0.667 bits per heavy atom. The van der Waals surface area contributed by atoms with Gasteiger partial charge in [-0.1, -0.05) is 170 Å². The lowest BCUT2D eigenvalue weighted by atomic mass is 9.93. The van der Waals surface area contributed by atoms with Crippen molar-refractivity contribution in [3.8, 4) is 102 Å². The second-order valence-electron chi connectivity index (χ2n) is 14.3. The van der Waals surface area contributed by atoms with Gasteiger partial charge in [0.05, 0.1) is 0 Å². The summed E-state index contributed by atoms with van der Waals surface area (Å²) in [6.07, 6.45) is 3.66. The van der Waals surface area contributed by atoms with Crippen LogP contribution in [0.3, 0.4) is 0 Å². The molecule has 0 aliphatic carbocycles. The van der Waals surface area contributed by atoms with Crippen molar-refractivity contribution in [1.29, 1.82) is 0 Å². The standard InChI is InChI=1S/C53H35N7/c1-5-13-39(14-6-1)48-55-49(40-15-7-2-8-16-40)58-52(57-48)43-25-21-36(22-26-43)45-33-46(35-47(34-45)38-29-31-54-32-30-38)37-23-27-44(28-24-37)53-59-50(41-17-9-3-10-18-41)56-51(60-53)42-19-11-4-12-20-42/h1-35H. The van der Waals surface area contributed by atoms with Crippen LogP contribution in [0.5, 0.6) is 0 Å². The fourth-order valence-corrected chi connectivity index (χ4v) is 7.17. The van der Waals surface area contributed by atoms with Gasteiger partial charge in [-0.2, -0.15) is 0 Å². The highest BCUT2D eigenvalue weighted by atomic mass is 15.0. The van der Waals surface area contributed by atoms with Crippen LogP contribution in [-0.2, 0) is 0 Å². The molecule has 7 heteroatoms. The van der Waals surface area contributed by atoms with Gasteiger partial charge in [0, 0.05) is 45.8 Å². The Labute approximate surface area is 347 Å². The SMILES string of the molecule is c1ccc(-c2nc(-c3ccccc3)nc(-c3ccc(-c4cc(-c5ccncc5)cc(-c5ccc(-c6nc(-c7ccccc7)nc(-c7ccccc7)n6)cc5)c4)cc3)n2)cc1. The van der Waals surface area contributed by atoms with Crippen molar-refractivity contribution in [2.24, 2.45) is 0 Å². The molecule has 3 heterocycles. The first-order valence-electron chi connectivity index (χ1n) is 19.7.